The highest BCUT2D eigenvalue weighted by molar-refractivity contribution is 7.89. The lowest BCUT2D eigenvalue weighted by Crippen LogP contribution is -2.59. The van der Waals surface area contributed by atoms with Gasteiger partial charge in [-0.15, -0.1) is 0 Å². The molecule has 2 aromatic rings. The molecule has 4 aliphatic carbocycles. The van der Waals surface area contributed by atoms with Crippen molar-refractivity contribution in [1.29, 1.82) is 0 Å². The monoisotopic (exact) mass is 475 g/mol. The topological polar surface area (TPSA) is 70.2 Å². The van der Waals surface area contributed by atoms with Gasteiger partial charge in [0.05, 0.1) is 4.90 Å². The van der Waals surface area contributed by atoms with Crippen LogP contribution in [-0.2, 0) is 10.0 Å². The Balaban J connectivity index is 1.24. The van der Waals surface area contributed by atoms with E-state index in [0.29, 0.717) is 38.5 Å². The predicted molar refractivity (Wildman–Crippen MR) is 129 cm³/mol. The summed E-state index contributed by atoms with van der Waals surface area (Å²) in [5.74, 6) is 2.07. The van der Waals surface area contributed by atoms with E-state index < -0.39 is 10.0 Å². The molecule has 0 radical (unpaired) electrons. The lowest BCUT2D eigenvalue weighted by molar-refractivity contribution is -0.00810. The Hall–Kier alpha value is -1.67. The number of sulfonamides is 1. The maximum Gasteiger partial charge on any atom is 0.241 e. The zero-order valence-corrected chi connectivity index (χ0v) is 19.5. The molecule has 6 rings (SSSR count). The van der Waals surface area contributed by atoms with Crippen LogP contribution >= 0.6 is 23.8 Å². The van der Waals surface area contributed by atoms with Crippen molar-refractivity contribution in [2.45, 2.75) is 49.0 Å². The highest BCUT2D eigenvalue weighted by atomic mass is 35.5. The normalized spacial score (nSPS) is 29.0. The van der Waals surface area contributed by atoms with Gasteiger partial charge in [0.1, 0.15) is 0 Å². The summed E-state index contributed by atoms with van der Waals surface area (Å²) in [5.41, 5.74) is 1.25. The predicted octanol–water partition coefficient (Wildman–Crippen LogP) is 5.40. The van der Waals surface area contributed by atoms with Crippen LogP contribution in [0.4, 0.5) is 11.4 Å². The largest absolute Gasteiger partial charge is 0.332 e. The van der Waals surface area contributed by atoms with Crippen LogP contribution in [0.1, 0.15) is 38.5 Å². The Morgan fingerprint density at radius 1 is 0.903 bits per heavy atom. The Bertz CT molecular complexity index is 1070. The molecular weight excluding hydrogens is 450 g/mol. The van der Waals surface area contributed by atoms with Crippen molar-refractivity contribution in [3.05, 3.63) is 53.6 Å². The first-order chi connectivity index (χ1) is 14.8. The summed E-state index contributed by atoms with van der Waals surface area (Å²) < 4.78 is 29.4. The standard InChI is InChI=1S/C23H26ClN3O2S2/c24-18-2-1-3-20(11-18)26-22(30)25-19-4-6-21(7-5-19)31(28,29)27-23-12-15-8-16(13-23)10-17(9-15)14-23/h1-7,11,15-17,27H,8-10,12-14H2,(H2,25,26,30). The van der Waals surface area contributed by atoms with Crippen molar-refractivity contribution in [2.75, 3.05) is 10.6 Å². The minimum absolute atomic E-state index is 0.243. The van der Waals surface area contributed by atoms with E-state index in [0.717, 1.165) is 24.9 Å². The zero-order chi connectivity index (χ0) is 21.6. The van der Waals surface area contributed by atoms with Gasteiger partial charge in [-0.2, -0.15) is 0 Å². The second kappa shape index (κ2) is 8.03. The minimum Gasteiger partial charge on any atom is -0.332 e. The quantitative estimate of drug-likeness (QED) is 0.505. The van der Waals surface area contributed by atoms with Crippen LogP contribution in [-0.4, -0.2) is 19.1 Å². The van der Waals surface area contributed by atoms with Crippen LogP contribution in [0.3, 0.4) is 0 Å². The van der Waals surface area contributed by atoms with Gasteiger partial charge in [0, 0.05) is 21.9 Å². The molecule has 4 aliphatic rings. The lowest BCUT2D eigenvalue weighted by Gasteiger charge is -2.56. The number of rotatable bonds is 5. The summed E-state index contributed by atoms with van der Waals surface area (Å²) in [5, 5.41) is 7.17. The Morgan fingerprint density at radius 2 is 1.48 bits per heavy atom. The Kier molecular flexibility index (Phi) is 5.49. The molecule has 0 aromatic heterocycles. The average molecular weight is 476 g/mol. The van der Waals surface area contributed by atoms with E-state index >= 15 is 0 Å². The molecule has 31 heavy (non-hydrogen) atoms. The van der Waals surface area contributed by atoms with E-state index in [9.17, 15) is 8.42 Å². The smallest absolute Gasteiger partial charge is 0.241 e. The molecule has 0 heterocycles. The van der Waals surface area contributed by atoms with Gasteiger partial charge < -0.3 is 10.6 Å². The van der Waals surface area contributed by atoms with Gasteiger partial charge in [-0.25, -0.2) is 13.1 Å². The molecule has 0 spiro atoms. The molecule has 3 N–H and O–H groups in total. The maximum atomic E-state index is 13.1. The van der Waals surface area contributed by atoms with Crippen molar-refractivity contribution in [3.8, 4) is 0 Å². The van der Waals surface area contributed by atoms with E-state index in [1.54, 1.807) is 36.4 Å². The SMILES string of the molecule is O=S(=O)(NC12CC3CC(CC(C3)C1)C2)c1ccc(NC(=S)Nc2cccc(Cl)c2)cc1. The van der Waals surface area contributed by atoms with Gasteiger partial charge >= 0.3 is 0 Å². The fourth-order valence-electron chi connectivity index (χ4n) is 6.16. The molecule has 0 amide bonds. The third kappa shape index (κ3) is 4.60. The molecule has 4 fully saturated rings. The van der Waals surface area contributed by atoms with Crippen LogP contribution < -0.4 is 15.4 Å². The summed E-state index contributed by atoms with van der Waals surface area (Å²) >= 11 is 11.3. The number of thiocarbonyl (C=S) groups is 1. The minimum atomic E-state index is -3.56. The number of nitrogens with one attached hydrogen (secondary N) is 3. The summed E-state index contributed by atoms with van der Waals surface area (Å²) in [6, 6.07) is 14.0. The molecule has 0 unspecified atom stereocenters. The van der Waals surface area contributed by atoms with E-state index in [1.807, 2.05) is 12.1 Å². The Labute approximate surface area is 194 Å². The van der Waals surface area contributed by atoms with Crippen LogP contribution in [0.2, 0.25) is 5.02 Å². The lowest BCUT2D eigenvalue weighted by atomic mass is 9.53. The highest BCUT2D eigenvalue weighted by Gasteiger charge is 2.52. The molecule has 0 saturated heterocycles. The van der Waals surface area contributed by atoms with E-state index in [2.05, 4.69) is 15.4 Å². The number of anilines is 2. The van der Waals surface area contributed by atoms with Crippen LogP contribution in [0, 0.1) is 17.8 Å². The van der Waals surface area contributed by atoms with Crippen LogP contribution in [0.25, 0.3) is 0 Å². The van der Waals surface area contributed by atoms with Crippen LogP contribution in [0.5, 0.6) is 0 Å². The second-order valence-electron chi connectivity index (χ2n) is 9.42. The van der Waals surface area contributed by atoms with Gasteiger partial charge in [-0.3, -0.25) is 0 Å². The van der Waals surface area contributed by atoms with Crippen molar-refractivity contribution in [1.82, 2.24) is 4.72 Å². The summed E-state index contributed by atoms with van der Waals surface area (Å²) in [6.07, 6.45) is 6.81. The van der Waals surface area contributed by atoms with Gasteiger partial charge in [-0.1, -0.05) is 17.7 Å². The fraction of sp³-hybridized carbons (Fsp3) is 0.435. The molecule has 2 aromatic carbocycles. The van der Waals surface area contributed by atoms with E-state index in [1.165, 1.54) is 19.3 Å². The van der Waals surface area contributed by atoms with Crippen molar-refractivity contribution in [3.63, 3.8) is 0 Å². The van der Waals surface area contributed by atoms with Crippen molar-refractivity contribution >= 4 is 50.3 Å². The zero-order valence-electron chi connectivity index (χ0n) is 17.1. The highest BCUT2D eigenvalue weighted by Crippen LogP contribution is 2.55. The summed E-state index contributed by atoms with van der Waals surface area (Å²) in [6.45, 7) is 0. The first kappa shape index (κ1) is 21.2. The van der Waals surface area contributed by atoms with Crippen molar-refractivity contribution in [2.24, 2.45) is 17.8 Å². The van der Waals surface area contributed by atoms with E-state index in [4.69, 9.17) is 23.8 Å². The third-order valence-corrected chi connectivity index (χ3v) is 8.93. The fourth-order valence-corrected chi connectivity index (χ4v) is 8.01. The van der Waals surface area contributed by atoms with Crippen LogP contribution in [0.15, 0.2) is 53.4 Å². The van der Waals surface area contributed by atoms with Crippen molar-refractivity contribution < 1.29 is 8.42 Å². The molecule has 0 atom stereocenters. The third-order valence-electron chi connectivity index (χ3n) is 6.89. The average Bonchev–Trinajstić information content (AvgIpc) is 2.66. The number of hydrogen-bond donors (Lipinski definition) is 3. The number of halogens is 1. The summed E-state index contributed by atoms with van der Waals surface area (Å²) in [4.78, 5) is 0.294. The number of benzene rings is 2. The molecule has 5 nitrogen and oxygen atoms in total. The maximum absolute atomic E-state index is 13.1. The molecule has 4 saturated carbocycles. The molecule has 0 aliphatic heterocycles. The second-order valence-corrected chi connectivity index (χ2v) is 11.9. The van der Waals surface area contributed by atoms with Gasteiger partial charge in [0.25, 0.3) is 0 Å². The molecule has 164 valence electrons. The Morgan fingerprint density at radius 3 is 2.06 bits per heavy atom. The van der Waals surface area contributed by atoms with Gasteiger partial charge in [0.15, 0.2) is 5.11 Å². The number of hydrogen-bond acceptors (Lipinski definition) is 3. The first-order valence-corrected chi connectivity index (χ1v) is 13.0. The first-order valence-electron chi connectivity index (χ1n) is 10.8. The molecular formula is C23H26ClN3O2S2. The molecule has 4 bridgehead atoms. The van der Waals surface area contributed by atoms with Gasteiger partial charge in [0.2, 0.25) is 10.0 Å². The van der Waals surface area contributed by atoms with E-state index in [-0.39, 0.29) is 5.54 Å². The van der Waals surface area contributed by atoms with Gasteiger partial charge in [-0.05, 0) is 111 Å². The summed E-state index contributed by atoms with van der Waals surface area (Å²) in [7, 11) is -3.56. The molecule has 8 heteroatoms.